The van der Waals surface area contributed by atoms with Gasteiger partial charge in [0.05, 0.1) is 13.0 Å². The fourth-order valence-electron chi connectivity index (χ4n) is 1.56. The van der Waals surface area contributed by atoms with Gasteiger partial charge in [-0.3, -0.25) is 4.79 Å². The van der Waals surface area contributed by atoms with Crippen molar-refractivity contribution in [2.75, 3.05) is 0 Å². The summed E-state index contributed by atoms with van der Waals surface area (Å²) in [5.41, 5.74) is 7.75. The number of benzene rings is 1. The molecule has 1 aliphatic rings. The molecule has 0 bridgehead atoms. The second-order valence-electron chi connectivity index (χ2n) is 3.65. The van der Waals surface area contributed by atoms with Crippen molar-refractivity contribution in [2.24, 2.45) is 10.8 Å². The monoisotopic (exact) mass is 203 g/mol. The molecule has 0 spiro atoms. The molecular formula is C11H13N3O. The Kier molecular flexibility index (Phi) is 2.41. The molecule has 0 unspecified atom stereocenters. The molecule has 2 rings (SSSR count). The van der Waals surface area contributed by atoms with Gasteiger partial charge in [0.15, 0.2) is 0 Å². The molecule has 1 aromatic rings. The van der Waals surface area contributed by atoms with Crippen LogP contribution in [0.5, 0.6) is 0 Å². The van der Waals surface area contributed by atoms with Crippen molar-refractivity contribution < 1.29 is 4.79 Å². The molecule has 15 heavy (non-hydrogen) atoms. The first-order valence-corrected chi connectivity index (χ1v) is 4.84. The second-order valence-corrected chi connectivity index (χ2v) is 3.65. The van der Waals surface area contributed by atoms with Gasteiger partial charge >= 0.3 is 0 Å². The van der Waals surface area contributed by atoms with E-state index in [2.05, 4.69) is 5.10 Å². The normalized spacial score (nSPS) is 15.7. The van der Waals surface area contributed by atoms with Crippen LogP contribution in [-0.4, -0.2) is 16.8 Å². The molecule has 1 aliphatic heterocycles. The molecule has 78 valence electrons. The van der Waals surface area contributed by atoms with Gasteiger partial charge in [0.2, 0.25) is 0 Å². The third-order valence-electron chi connectivity index (χ3n) is 2.45. The van der Waals surface area contributed by atoms with Crippen LogP contribution in [0.25, 0.3) is 0 Å². The Morgan fingerprint density at radius 2 is 2.20 bits per heavy atom. The topological polar surface area (TPSA) is 58.7 Å². The SMILES string of the molecule is Cc1ccccc1CN1N=C(N)CC1=O. The van der Waals surface area contributed by atoms with Crippen molar-refractivity contribution in [3.8, 4) is 0 Å². The van der Waals surface area contributed by atoms with E-state index >= 15 is 0 Å². The van der Waals surface area contributed by atoms with Gasteiger partial charge in [-0.2, -0.15) is 5.10 Å². The first-order valence-electron chi connectivity index (χ1n) is 4.84. The Balaban J connectivity index is 2.16. The van der Waals surface area contributed by atoms with Gasteiger partial charge in [-0.15, -0.1) is 0 Å². The summed E-state index contributed by atoms with van der Waals surface area (Å²) in [7, 11) is 0. The summed E-state index contributed by atoms with van der Waals surface area (Å²) in [5.74, 6) is 0.365. The molecule has 0 radical (unpaired) electrons. The molecular weight excluding hydrogens is 190 g/mol. The van der Waals surface area contributed by atoms with Crippen LogP contribution in [0, 0.1) is 6.92 Å². The van der Waals surface area contributed by atoms with Crippen LogP contribution in [0.1, 0.15) is 17.5 Å². The number of carbonyl (C=O) groups is 1. The molecule has 1 amide bonds. The summed E-state index contributed by atoms with van der Waals surface area (Å²) >= 11 is 0. The molecule has 1 aromatic carbocycles. The Hall–Kier alpha value is -1.84. The van der Waals surface area contributed by atoms with E-state index in [1.165, 1.54) is 5.01 Å². The average molecular weight is 203 g/mol. The number of hydrogen-bond donors (Lipinski definition) is 1. The summed E-state index contributed by atoms with van der Waals surface area (Å²) in [6, 6.07) is 7.94. The van der Waals surface area contributed by atoms with Crippen LogP contribution in [0.15, 0.2) is 29.4 Å². The first-order chi connectivity index (χ1) is 7.16. The Labute approximate surface area is 88.4 Å². The van der Waals surface area contributed by atoms with Crippen LogP contribution >= 0.6 is 0 Å². The van der Waals surface area contributed by atoms with Crippen LogP contribution < -0.4 is 5.73 Å². The van der Waals surface area contributed by atoms with E-state index in [1.807, 2.05) is 31.2 Å². The third-order valence-corrected chi connectivity index (χ3v) is 2.45. The van der Waals surface area contributed by atoms with E-state index in [0.717, 1.165) is 11.1 Å². The van der Waals surface area contributed by atoms with E-state index in [1.54, 1.807) is 0 Å². The minimum atomic E-state index is -0.0317. The molecule has 4 heteroatoms. The zero-order chi connectivity index (χ0) is 10.8. The third kappa shape index (κ3) is 1.98. The summed E-state index contributed by atoms with van der Waals surface area (Å²) in [5, 5.41) is 5.41. The Bertz CT molecular complexity index is 426. The Morgan fingerprint density at radius 1 is 1.47 bits per heavy atom. The van der Waals surface area contributed by atoms with Crippen LogP contribution in [-0.2, 0) is 11.3 Å². The lowest BCUT2D eigenvalue weighted by Gasteiger charge is -2.12. The predicted molar refractivity (Wildman–Crippen MR) is 58.0 cm³/mol. The summed E-state index contributed by atoms with van der Waals surface area (Å²) in [6.07, 6.45) is 0.242. The Morgan fingerprint density at radius 3 is 2.80 bits per heavy atom. The lowest BCUT2D eigenvalue weighted by Crippen LogP contribution is -2.20. The largest absolute Gasteiger partial charge is 0.385 e. The van der Waals surface area contributed by atoms with Crippen molar-refractivity contribution in [2.45, 2.75) is 19.9 Å². The van der Waals surface area contributed by atoms with Gasteiger partial charge < -0.3 is 5.73 Å². The number of hydrogen-bond acceptors (Lipinski definition) is 3. The molecule has 2 N–H and O–H groups in total. The maximum atomic E-state index is 11.4. The molecule has 0 saturated carbocycles. The highest BCUT2D eigenvalue weighted by molar-refractivity contribution is 6.02. The van der Waals surface area contributed by atoms with Crippen molar-refractivity contribution in [3.05, 3.63) is 35.4 Å². The highest BCUT2D eigenvalue weighted by Gasteiger charge is 2.21. The predicted octanol–water partition coefficient (Wildman–Crippen LogP) is 1.000. The number of amidine groups is 1. The smallest absolute Gasteiger partial charge is 0.250 e. The zero-order valence-electron chi connectivity index (χ0n) is 8.60. The van der Waals surface area contributed by atoms with Gasteiger partial charge in [-0.25, -0.2) is 5.01 Å². The maximum Gasteiger partial charge on any atom is 0.250 e. The summed E-state index contributed by atoms with van der Waals surface area (Å²) in [6.45, 7) is 2.52. The summed E-state index contributed by atoms with van der Waals surface area (Å²) in [4.78, 5) is 11.4. The summed E-state index contributed by atoms with van der Waals surface area (Å²) < 4.78 is 0. The standard InChI is InChI=1S/C11H13N3O/c1-8-4-2-3-5-9(8)7-14-11(15)6-10(12)13-14/h2-5H,6-7H2,1H3,(H2,12,13). The number of hydrazone groups is 1. The molecule has 0 atom stereocenters. The number of aryl methyl sites for hydroxylation is 1. The fourth-order valence-corrected chi connectivity index (χ4v) is 1.56. The maximum absolute atomic E-state index is 11.4. The van der Waals surface area contributed by atoms with Gasteiger partial charge in [0.25, 0.3) is 5.91 Å². The van der Waals surface area contributed by atoms with Crippen LogP contribution in [0.3, 0.4) is 0 Å². The number of carbonyl (C=O) groups excluding carboxylic acids is 1. The van der Waals surface area contributed by atoms with E-state index in [-0.39, 0.29) is 12.3 Å². The number of rotatable bonds is 2. The van der Waals surface area contributed by atoms with E-state index in [9.17, 15) is 4.79 Å². The number of amides is 1. The molecule has 4 nitrogen and oxygen atoms in total. The minimum absolute atomic E-state index is 0.0317. The number of nitrogens with zero attached hydrogens (tertiary/aromatic N) is 2. The van der Waals surface area contributed by atoms with Gasteiger partial charge in [-0.05, 0) is 18.1 Å². The van der Waals surface area contributed by atoms with Crippen molar-refractivity contribution >= 4 is 11.7 Å². The quantitative estimate of drug-likeness (QED) is 0.779. The van der Waals surface area contributed by atoms with Gasteiger partial charge in [0, 0.05) is 0 Å². The molecule has 0 aliphatic carbocycles. The number of nitrogens with two attached hydrogens (primary N) is 1. The van der Waals surface area contributed by atoms with Crippen LogP contribution in [0.4, 0.5) is 0 Å². The van der Waals surface area contributed by atoms with Gasteiger partial charge in [-0.1, -0.05) is 24.3 Å². The zero-order valence-corrected chi connectivity index (χ0v) is 8.60. The van der Waals surface area contributed by atoms with Crippen LogP contribution in [0.2, 0.25) is 0 Å². The molecule has 0 fully saturated rings. The molecule has 0 saturated heterocycles. The van der Waals surface area contributed by atoms with Gasteiger partial charge in [0.1, 0.15) is 5.84 Å². The van der Waals surface area contributed by atoms with Crippen molar-refractivity contribution in [1.82, 2.24) is 5.01 Å². The first kappa shape index (κ1) is 9.71. The highest BCUT2D eigenvalue weighted by atomic mass is 16.2. The average Bonchev–Trinajstić information content (AvgIpc) is 2.49. The lowest BCUT2D eigenvalue weighted by atomic mass is 10.1. The van der Waals surface area contributed by atoms with E-state index in [4.69, 9.17) is 5.73 Å². The molecule has 0 aromatic heterocycles. The lowest BCUT2D eigenvalue weighted by molar-refractivity contribution is -0.129. The minimum Gasteiger partial charge on any atom is -0.385 e. The van der Waals surface area contributed by atoms with Crippen molar-refractivity contribution in [1.29, 1.82) is 0 Å². The fraction of sp³-hybridized carbons (Fsp3) is 0.273. The molecule has 1 heterocycles. The van der Waals surface area contributed by atoms with E-state index < -0.39 is 0 Å². The van der Waals surface area contributed by atoms with E-state index in [0.29, 0.717) is 12.4 Å². The highest BCUT2D eigenvalue weighted by Crippen LogP contribution is 2.14. The van der Waals surface area contributed by atoms with Crippen molar-refractivity contribution in [3.63, 3.8) is 0 Å². The second kappa shape index (κ2) is 3.73.